The van der Waals surface area contributed by atoms with Gasteiger partial charge in [0.05, 0.1) is 37.4 Å². The average Bonchev–Trinajstić information content (AvgIpc) is 3.21. The van der Waals surface area contributed by atoms with Crippen LogP contribution in [0.5, 0.6) is 5.75 Å². The van der Waals surface area contributed by atoms with Crippen LogP contribution in [-0.4, -0.2) is 44.6 Å². The Kier molecular flexibility index (Phi) is 5.93. The van der Waals surface area contributed by atoms with Gasteiger partial charge in [-0.05, 0) is 63.1 Å². The second-order valence-electron chi connectivity index (χ2n) is 8.75. The molecule has 4 rings (SSSR count). The fourth-order valence-electron chi connectivity index (χ4n) is 3.92. The molecule has 3 aromatic rings. The zero-order valence-corrected chi connectivity index (χ0v) is 19.4. The third kappa shape index (κ3) is 4.74. The van der Waals surface area contributed by atoms with Crippen LogP contribution in [0.15, 0.2) is 54.8 Å². The Morgan fingerprint density at radius 2 is 2.03 bits per heavy atom. The van der Waals surface area contributed by atoms with E-state index in [0.29, 0.717) is 12.3 Å². The van der Waals surface area contributed by atoms with Gasteiger partial charge in [0, 0.05) is 12.4 Å². The molecular formula is C25H27FN4O3. The van der Waals surface area contributed by atoms with Crippen molar-refractivity contribution in [2.24, 2.45) is 0 Å². The van der Waals surface area contributed by atoms with Crippen molar-refractivity contribution >= 4 is 12.0 Å². The molecule has 1 amide bonds. The highest BCUT2D eigenvalue weighted by molar-refractivity contribution is 5.97. The van der Waals surface area contributed by atoms with Crippen molar-refractivity contribution in [3.63, 3.8) is 0 Å². The zero-order valence-electron chi connectivity index (χ0n) is 19.4. The van der Waals surface area contributed by atoms with Crippen LogP contribution >= 0.6 is 0 Å². The fraction of sp³-hybridized carbons (Fsp3) is 0.320. The van der Waals surface area contributed by atoms with Crippen LogP contribution in [0.4, 0.5) is 4.39 Å². The highest BCUT2D eigenvalue weighted by atomic mass is 19.1. The number of aryl methyl sites for hydroxylation is 1. The van der Waals surface area contributed by atoms with Crippen LogP contribution in [0.2, 0.25) is 0 Å². The lowest BCUT2D eigenvalue weighted by molar-refractivity contribution is -0.149. The van der Waals surface area contributed by atoms with Gasteiger partial charge in [0.25, 0.3) is 5.91 Å². The molecule has 1 atom stereocenters. The SMILES string of the molecule is COc1cc(C=C2OC(C)(C)CN([C@@H](C)c3ccc(F)nc3)C2=O)ccc1-n1cnc(C)c1. The standard InChI is InChI=1S/C25H27FN4O3/c1-16-13-29(15-28-16)20-8-6-18(10-21(20)32-5)11-22-24(31)30(14-25(3,4)33-22)17(2)19-7-9-23(26)27-12-19/h6-13,15,17H,14H2,1-5H3/t17-/m0/s1. The molecule has 0 spiro atoms. The minimum Gasteiger partial charge on any atom is -0.495 e. The summed E-state index contributed by atoms with van der Waals surface area (Å²) in [5.41, 5.74) is 2.67. The third-order valence-electron chi connectivity index (χ3n) is 5.60. The maximum absolute atomic E-state index is 13.3. The largest absolute Gasteiger partial charge is 0.495 e. The number of imidazole rings is 1. The van der Waals surface area contributed by atoms with E-state index in [2.05, 4.69) is 9.97 Å². The summed E-state index contributed by atoms with van der Waals surface area (Å²) < 4.78 is 26.8. The summed E-state index contributed by atoms with van der Waals surface area (Å²) in [5.74, 6) is 0.0937. The Morgan fingerprint density at radius 1 is 1.24 bits per heavy atom. The number of carbonyl (C=O) groups is 1. The van der Waals surface area contributed by atoms with E-state index < -0.39 is 11.5 Å². The lowest BCUT2D eigenvalue weighted by Gasteiger charge is -2.42. The minimum absolute atomic E-state index is 0.237. The number of aromatic nitrogens is 3. The van der Waals surface area contributed by atoms with Crippen LogP contribution in [-0.2, 0) is 9.53 Å². The molecule has 0 N–H and O–H groups in total. The minimum atomic E-state index is -0.597. The lowest BCUT2D eigenvalue weighted by Crippen LogP contribution is -2.51. The van der Waals surface area contributed by atoms with Gasteiger partial charge in [-0.3, -0.25) is 4.79 Å². The molecule has 0 radical (unpaired) electrons. The van der Waals surface area contributed by atoms with Crippen LogP contribution < -0.4 is 4.74 Å². The van der Waals surface area contributed by atoms with E-state index in [1.165, 1.54) is 12.3 Å². The van der Waals surface area contributed by atoms with Crippen molar-refractivity contribution in [2.45, 2.75) is 39.3 Å². The predicted molar refractivity (Wildman–Crippen MR) is 122 cm³/mol. The first-order valence-corrected chi connectivity index (χ1v) is 10.7. The van der Waals surface area contributed by atoms with Gasteiger partial charge in [-0.15, -0.1) is 0 Å². The Morgan fingerprint density at radius 3 is 2.67 bits per heavy atom. The van der Waals surface area contributed by atoms with Gasteiger partial charge in [0.15, 0.2) is 5.76 Å². The molecule has 1 aliphatic heterocycles. The Balaban J connectivity index is 1.66. The molecule has 1 fully saturated rings. The van der Waals surface area contributed by atoms with Gasteiger partial charge in [-0.1, -0.05) is 12.1 Å². The summed E-state index contributed by atoms with van der Waals surface area (Å²) in [5, 5.41) is 0. The number of amides is 1. The molecule has 0 bridgehead atoms. The van der Waals surface area contributed by atoms with E-state index in [4.69, 9.17) is 9.47 Å². The highest BCUT2D eigenvalue weighted by Gasteiger charge is 2.39. The fourth-order valence-corrected chi connectivity index (χ4v) is 3.92. The van der Waals surface area contributed by atoms with Crippen molar-refractivity contribution < 1.29 is 18.7 Å². The average molecular weight is 451 g/mol. The summed E-state index contributed by atoms with van der Waals surface area (Å²) in [6.07, 6.45) is 6.82. The van der Waals surface area contributed by atoms with Gasteiger partial charge in [-0.2, -0.15) is 4.39 Å². The Hall–Kier alpha value is -3.68. The number of methoxy groups -OCH3 is 1. The lowest BCUT2D eigenvalue weighted by atomic mass is 10.0. The van der Waals surface area contributed by atoms with E-state index in [1.807, 2.05) is 56.7 Å². The molecule has 0 aliphatic carbocycles. The Labute approximate surface area is 192 Å². The molecule has 33 heavy (non-hydrogen) atoms. The van der Waals surface area contributed by atoms with Crippen LogP contribution in [0, 0.1) is 12.9 Å². The number of rotatable bonds is 5. The highest BCUT2D eigenvalue weighted by Crippen LogP contribution is 2.33. The molecule has 1 saturated heterocycles. The van der Waals surface area contributed by atoms with Crippen LogP contribution in [0.25, 0.3) is 11.8 Å². The van der Waals surface area contributed by atoms with Crippen molar-refractivity contribution in [1.82, 2.24) is 19.4 Å². The number of hydrogen-bond acceptors (Lipinski definition) is 5. The third-order valence-corrected chi connectivity index (χ3v) is 5.60. The molecule has 8 heteroatoms. The molecule has 1 aromatic carbocycles. The van der Waals surface area contributed by atoms with E-state index in [-0.39, 0.29) is 17.7 Å². The van der Waals surface area contributed by atoms with Crippen LogP contribution in [0.3, 0.4) is 0 Å². The van der Waals surface area contributed by atoms with Gasteiger partial charge in [0.1, 0.15) is 11.4 Å². The molecule has 0 unspecified atom stereocenters. The van der Waals surface area contributed by atoms with Crippen molar-refractivity contribution in [3.8, 4) is 11.4 Å². The maximum atomic E-state index is 13.3. The number of morpholine rings is 1. The first-order valence-electron chi connectivity index (χ1n) is 10.7. The second-order valence-corrected chi connectivity index (χ2v) is 8.75. The molecule has 3 heterocycles. The molecule has 0 saturated carbocycles. The quantitative estimate of drug-likeness (QED) is 0.424. The summed E-state index contributed by atoms with van der Waals surface area (Å²) in [6.45, 7) is 8.08. The molecule has 1 aliphatic rings. The maximum Gasteiger partial charge on any atom is 0.289 e. The van der Waals surface area contributed by atoms with Gasteiger partial charge in [0.2, 0.25) is 5.95 Å². The number of carbonyl (C=O) groups excluding carboxylic acids is 1. The summed E-state index contributed by atoms with van der Waals surface area (Å²) >= 11 is 0. The monoisotopic (exact) mass is 450 g/mol. The molecule has 172 valence electrons. The van der Waals surface area contributed by atoms with E-state index >= 15 is 0 Å². The topological polar surface area (TPSA) is 69.5 Å². The smallest absolute Gasteiger partial charge is 0.289 e. The van der Waals surface area contributed by atoms with Crippen molar-refractivity contribution in [3.05, 3.63) is 77.6 Å². The number of benzene rings is 1. The Bertz CT molecular complexity index is 1200. The predicted octanol–water partition coefficient (Wildman–Crippen LogP) is 4.46. The first kappa shape index (κ1) is 22.5. The van der Waals surface area contributed by atoms with E-state index in [9.17, 15) is 9.18 Å². The van der Waals surface area contributed by atoms with E-state index in [1.54, 1.807) is 30.5 Å². The molecule has 2 aromatic heterocycles. The first-order chi connectivity index (χ1) is 15.7. The number of pyridine rings is 1. The summed E-state index contributed by atoms with van der Waals surface area (Å²) in [6, 6.07) is 8.32. The van der Waals surface area contributed by atoms with Gasteiger partial charge >= 0.3 is 0 Å². The number of ether oxygens (including phenoxy) is 2. The molecular weight excluding hydrogens is 423 g/mol. The zero-order chi connectivity index (χ0) is 23.8. The summed E-state index contributed by atoms with van der Waals surface area (Å²) in [4.78, 5) is 23.1. The van der Waals surface area contributed by atoms with Crippen molar-refractivity contribution in [2.75, 3.05) is 13.7 Å². The summed E-state index contributed by atoms with van der Waals surface area (Å²) in [7, 11) is 1.60. The number of nitrogens with zero attached hydrogens (tertiary/aromatic N) is 4. The second kappa shape index (κ2) is 8.69. The number of halogens is 1. The van der Waals surface area contributed by atoms with Crippen molar-refractivity contribution in [1.29, 1.82) is 0 Å². The van der Waals surface area contributed by atoms with Crippen LogP contribution in [0.1, 0.15) is 43.6 Å². The van der Waals surface area contributed by atoms with Gasteiger partial charge in [-0.25, -0.2) is 9.97 Å². The normalized spacial score (nSPS) is 17.7. The molecule has 7 nitrogen and oxygen atoms in total. The number of hydrogen-bond donors (Lipinski definition) is 0. The van der Waals surface area contributed by atoms with E-state index in [0.717, 1.165) is 22.5 Å². The van der Waals surface area contributed by atoms with Gasteiger partial charge < -0.3 is 18.9 Å².